The first-order valence-corrected chi connectivity index (χ1v) is 8.76. The fraction of sp³-hybridized carbons (Fsp3) is 0.0870. The number of benzene rings is 3. The van der Waals surface area contributed by atoms with Gasteiger partial charge in [0.1, 0.15) is 22.7 Å². The molecule has 0 bridgehead atoms. The summed E-state index contributed by atoms with van der Waals surface area (Å²) in [6.07, 6.45) is 0. The molecule has 0 unspecified atom stereocenters. The molecule has 0 aliphatic heterocycles. The van der Waals surface area contributed by atoms with Crippen LogP contribution in [-0.2, 0) is 4.74 Å². The molecule has 0 fully saturated rings. The molecule has 4 rings (SSSR count). The molecule has 3 aromatic carbocycles. The number of furan rings is 1. The second-order valence-corrected chi connectivity index (χ2v) is 6.13. The van der Waals surface area contributed by atoms with Crippen LogP contribution in [0.2, 0.25) is 0 Å². The van der Waals surface area contributed by atoms with Crippen molar-refractivity contribution in [3.05, 3.63) is 78.4 Å². The van der Waals surface area contributed by atoms with E-state index in [-0.39, 0.29) is 12.4 Å². The van der Waals surface area contributed by atoms with Gasteiger partial charge in [-0.1, -0.05) is 60.7 Å². The monoisotopic (exact) mass is 358 g/mol. The van der Waals surface area contributed by atoms with Crippen LogP contribution in [0.25, 0.3) is 33.4 Å². The Labute approximate surface area is 156 Å². The molecule has 0 amide bonds. The molecule has 1 aromatic heterocycles. The van der Waals surface area contributed by atoms with Gasteiger partial charge in [0, 0.05) is 16.5 Å². The summed E-state index contributed by atoms with van der Waals surface area (Å²) in [5.74, 6) is 0.0267. The molecule has 0 aliphatic carbocycles. The van der Waals surface area contributed by atoms with Gasteiger partial charge in [-0.2, -0.15) is 0 Å². The highest BCUT2D eigenvalue weighted by Crippen LogP contribution is 2.41. The van der Waals surface area contributed by atoms with Crippen LogP contribution in [0.3, 0.4) is 0 Å². The van der Waals surface area contributed by atoms with Crippen molar-refractivity contribution in [3.8, 4) is 28.2 Å². The third-order valence-corrected chi connectivity index (χ3v) is 4.37. The predicted molar refractivity (Wildman–Crippen MR) is 105 cm³/mol. The molecule has 0 atom stereocenters. The van der Waals surface area contributed by atoms with Gasteiger partial charge >= 0.3 is 5.97 Å². The third-order valence-electron chi connectivity index (χ3n) is 4.37. The molecular weight excluding hydrogens is 340 g/mol. The average Bonchev–Trinajstić information content (AvgIpc) is 3.08. The standard InChI is InChI=1S/C23H18O4/c1-2-26-23(25)20-19-14-17(24)13-18(15-9-5-3-6-10-15)22(19)27-21(20)16-11-7-4-8-12-16/h3-14,24H,2H2,1H3. The highest BCUT2D eigenvalue weighted by Gasteiger charge is 2.25. The van der Waals surface area contributed by atoms with E-state index < -0.39 is 5.97 Å². The summed E-state index contributed by atoms with van der Waals surface area (Å²) in [7, 11) is 0. The maximum absolute atomic E-state index is 12.7. The molecule has 0 saturated carbocycles. The highest BCUT2D eigenvalue weighted by molar-refractivity contribution is 6.12. The van der Waals surface area contributed by atoms with Crippen LogP contribution in [0, 0.1) is 0 Å². The number of hydrogen-bond donors (Lipinski definition) is 1. The van der Waals surface area contributed by atoms with Crippen molar-refractivity contribution in [1.29, 1.82) is 0 Å². The van der Waals surface area contributed by atoms with Gasteiger partial charge in [0.05, 0.1) is 6.61 Å². The van der Waals surface area contributed by atoms with Crippen molar-refractivity contribution in [2.24, 2.45) is 0 Å². The fourth-order valence-electron chi connectivity index (χ4n) is 3.22. The van der Waals surface area contributed by atoms with Crippen molar-refractivity contribution < 1.29 is 19.1 Å². The smallest absolute Gasteiger partial charge is 0.342 e. The van der Waals surface area contributed by atoms with Gasteiger partial charge in [0.25, 0.3) is 0 Å². The van der Waals surface area contributed by atoms with Gasteiger partial charge in [-0.15, -0.1) is 0 Å². The fourth-order valence-corrected chi connectivity index (χ4v) is 3.22. The van der Waals surface area contributed by atoms with Gasteiger partial charge in [0.2, 0.25) is 0 Å². The average molecular weight is 358 g/mol. The van der Waals surface area contributed by atoms with Gasteiger partial charge in [0.15, 0.2) is 0 Å². The van der Waals surface area contributed by atoms with E-state index in [1.54, 1.807) is 19.1 Å². The van der Waals surface area contributed by atoms with Crippen molar-refractivity contribution in [3.63, 3.8) is 0 Å². The first-order valence-electron chi connectivity index (χ1n) is 8.76. The Balaban J connectivity index is 2.06. The van der Waals surface area contributed by atoms with E-state index in [2.05, 4.69) is 0 Å². The number of carbonyl (C=O) groups excluding carboxylic acids is 1. The Morgan fingerprint density at radius 3 is 2.22 bits per heavy atom. The van der Waals surface area contributed by atoms with Crippen molar-refractivity contribution in [2.45, 2.75) is 6.92 Å². The van der Waals surface area contributed by atoms with Gasteiger partial charge in [-0.25, -0.2) is 4.79 Å². The second-order valence-electron chi connectivity index (χ2n) is 6.13. The Morgan fingerprint density at radius 2 is 1.59 bits per heavy atom. The minimum absolute atomic E-state index is 0.0623. The minimum atomic E-state index is -0.472. The zero-order chi connectivity index (χ0) is 18.8. The Morgan fingerprint density at radius 1 is 0.963 bits per heavy atom. The summed E-state index contributed by atoms with van der Waals surface area (Å²) in [6.45, 7) is 2.01. The second kappa shape index (κ2) is 7.00. The lowest BCUT2D eigenvalue weighted by molar-refractivity contribution is 0.0529. The maximum atomic E-state index is 12.7. The summed E-state index contributed by atoms with van der Waals surface area (Å²) >= 11 is 0. The molecule has 0 saturated heterocycles. The van der Waals surface area contributed by atoms with Gasteiger partial charge in [-0.3, -0.25) is 0 Å². The Hall–Kier alpha value is -3.53. The quantitative estimate of drug-likeness (QED) is 0.479. The molecule has 4 nitrogen and oxygen atoms in total. The predicted octanol–water partition coefficient (Wildman–Crippen LogP) is 5.65. The van der Waals surface area contributed by atoms with Crippen LogP contribution in [0.1, 0.15) is 17.3 Å². The summed E-state index contributed by atoms with van der Waals surface area (Å²) in [5, 5.41) is 10.8. The lowest BCUT2D eigenvalue weighted by atomic mass is 10.00. The zero-order valence-corrected chi connectivity index (χ0v) is 14.8. The number of esters is 1. The lowest BCUT2D eigenvalue weighted by Crippen LogP contribution is -2.05. The van der Waals surface area contributed by atoms with E-state index in [0.29, 0.717) is 22.3 Å². The van der Waals surface area contributed by atoms with E-state index in [9.17, 15) is 9.90 Å². The largest absolute Gasteiger partial charge is 0.508 e. The van der Waals surface area contributed by atoms with Crippen LogP contribution in [0.5, 0.6) is 5.75 Å². The number of rotatable bonds is 4. The molecule has 0 spiro atoms. The Kier molecular flexibility index (Phi) is 4.38. The van der Waals surface area contributed by atoms with E-state index in [1.807, 2.05) is 60.7 Å². The highest BCUT2D eigenvalue weighted by atomic mass is 16.5. The minimum Gasteiger partial charge on any atom is -0.508 e. The van der Waals surface area contributed by atoms with Crippen LogP contribution >= 0.6 is 0 Å². The molecule has 4 aromatic rings. The third kappa shape index (κ3) is 3.06. The molecule has 27 heavy (non-hydrogen) atoms. The van der Waals surface area contributed by atoms with Crippen molar-refractivity contribution in [1.82, 2.24) is 0 Å². The van der Waals surface area contributed by atoms with E-state index in [1.165, 1.54) is 0 Å². The van der Waals surface area contributed by atoms with E-state index >= 15 is 0 Å². The number of ether oxygens (including phenoxy) is 1. The first kappa shape index (κ1) is 16.9. The van der Waals surface area contributed by atoms with Gasteiger partial charge < -0.3 is 14.3 Å². The number of phenolic OH excluding ortho intramolecular Hbond substituents is 1. The molecule has 1 heterocycles. The number of fused-ring (bicyclic) bond motifs is 1. The molecule has 4 heteroatoms. The van der Waals surface area contributed by atoms with E-state index in [0.717, 1.165) is 16.7 Å². The van der Waals surface area contributed by atoms with Crippen LogP contribution < -0.4 is 0 Å². The van der Waals surface area contributed by atoms with Crippen LogP contribution in [-0.4, -0.2) is 17.7 Å². The molecule has 1 N–H and O–H groups in total. The zero-order valence-electron chi connectivity index (χ0n) is 14.8. The number of carbonyl (C=O) groups is 1. The molecule has 0 aliphatic rings. The van der Waals surface area contributed by atoms with Crippen molar-refractivity contribution >= 4 is 16.9 Å². The molecule has 134 valence electrons. The lowest BCUT2D eigenvalue weighted by Gasteiger charge is -2.05. The molecule has 0 radical (unpaired) electrons. The normalized spacial score (nSPS) is 10.9. The van der Waals surface area contributed by atoms with Crippen LogP contribution in [0.15, 0.2) is 77.2 Å². The number of hydrogen-bond acceptors (Lipinski definition) is 4. The summed E-state index contributed by atoms with van der Waals surface area (Å²) in [4.78, 5) is 12.7. The Bertz CT molecular complexity index is 1100. The summed E-state index contributed by atoms with van der Waals surface area (Å²) < 4.78 is 11.4. The van der Waals surface area contributed by atoms with Gasteiger partial charge in [-0.05, 0) is 24.6 Å². The van der Waals surface area contributed by atoms with Crippen LogP contribution in [0.4, 0.5) is 0 Å². The van der Waals surface area contributed by atoms with E-state index in [4.69, 9.17) is 9.15 Å². The number of aromatic hydroxyl groups is 1. The first-order chi connectivity index (χ1) is 13.2. The summed E-state index contributed by atoms with van der Waals surface area (Å²) in [5.41, 5.74) is 3.25. The summed E-state index contributed by atoms with van der Waals surface area (Å²) in [6, 6.07) is 22.2. The van der Waals surface area contributed by atoms with Crippen molar-refractivity contribution in [2.75, 3.05) is 6.61 Å². The number of phenols is 1. The SMILES string of the molecule is CCOC(=O)c1c(-c2ccccc2)oc2c(-c3ccccc3)cc(O)cc12. The topological polar surface area (TPSA) is 59.7 Å². The molecular formula is C23H18O4. The maximum Gasteiger partial charge on any atom is 0.342 e.